The highest BCUT2D eigenvalue weighted by molar-refractivity contribution is 5.47. The molecule has 0 amide bonds. The number of nitrogens with zero attached hydrogens (tertiary/aromatic N) is 3. The van der Waals surface area contributed by atoms with Crippen LogP contribution in [0.15, 0.2) is 30.3 Å². The van der Waals surface area contributed by atoms with E-state index < -0.39 is 0 Å². The summed E-state index contributed by atoms with van der Waals surface area (Å²) >= 11 is 0. The summed E-state index contributed by atoms with van der Waals surface area (Å²) in [6.45, 7) is 4.09. The molecule has 0 aliphatic carbocycles. The third-order valence-electron chi connectivity index (χ3n) is 3.25. The Labute approximate surface area is 117 Å². The lowest BCUT2D eigenvalue weighted by Gasteiger charge is -2.21. The zero-order chi connectivity index (χ0) is 13.9. The van der Waals surface area contributed by atoms with Gasteiger partial charge in [-0.15, -0.1) is 0 Å². The number of aryl methyl sites for hydroxylation is 1. The summed E-state index contributed by atoms with van der Waals surface area (Å²) < 4.78 is 5.76. The maximum absolute atomic E-state index is 5.76. The molecule has 0 bridgehead atoms. The van der Waals surface area contributed by atoms with Crippen LogP contribution in [-0.2, 0) is 6.54 Å². The van der Waals surface area contributed by atoms with Gasteiger partial charge in [0.1, 0.15) is 18.2 Å². The van der Waals surface area contributed by atoms with Crippen LogP contribution in [0.2, 0.25) is 0 Å². The van der Waals surface area contributed by atoms with Gasteiger partial charge in [-0.3, -0.25) is 5.43 Å². The Morgan fingerprint density at radius 3 is 3.00 bits per heavy atom. The van der Waals surface area contributed by atoms with Gasteiger partial charge in [0.2, 0.25) is 5.95 Å². The Balaban J connectivity index is 1.93. The van der Waals surface area contributed by atoms with Crippen LogP contribution in [-0.4, -0.2) is 23.1 Å². The third kappa shape index (κ3) is 2.50. The lowest BCUT2D eigenvalue weighted by molar-refractivity contribution is 0.331. The molecule has 20 heavy (non-hydrogen) atoms. The van der Waals surface area contributed by atoms with E-state index in [0.29, 0.717) is 12.6 Å². The second-order valence-electron chi connectivity index (χ2n) is 4.71. The van der Waals surface area contributed by atoms with Crippen LogP contribution in [0, 0.1) is 6.92 Å². The van der Waals surface area contributed by atoms with Crippen LogP contribution >= 0.6 is 0 Å². The van der Waals surface area contributed by atoms with E-state index in [1.54, 1.807) is 0 Å². The van der Waals surface area contributed by atoms with E-state index in [9.17, 15) is 0 Å². The molecule has 1 aliphatic heterocycles. The van der Waals surface area contributed by atoms with Gasteiger partial charge in [-0.1, -0.05) is 18.2 Å². The van der Waals surface area contributed by atoms with Crippen molar-refractivity contribution in [2.45, 2.75) is 13.5 Å². The summed E-state index contributed by atoms with van der Waals surface area (Å²) in [5.74, 6) is 7.63. The SMILES string of the molecule is Cc1cc(N2CCOc3ccccc3C2)nc(NN)n1. The van der Waals surface area contributed by atoms with Crippen LogP contribution in [0.25, 0.3) is 0 Å². The highest BCUT2D eigenvalue weighted by atomic mass is 16.5. The Hall–Kier alpha value is -2.34. The number of benzene rings is 1. The van der Waals surface area contributed by atoms with Gasteiger partial charge in [-0.25, -0.2) is 10.8 Å². The number of hydrazine groups is 1. The lowest BCUT2D eigenvalue weighted by atomic mass is 10.2. The highest BCUT2D eigenvalue weighted by Gasteiger charge is 2.17. The molecule has 3 N–H and O–H groups in total. The summed E-state index contributed by atoms with van der Waals surface area (Å²) in [7, 11) is 0. The Kier molecular flexibility index (Phi) is 3.39. The standard InChI is InChI=1S/C14H17N5O/c1-10-8-13(17-14(16-10)18-15)19-6-7-20-12-5-3-2-4-11(12)9-19/h2-5,8H,6-7,9,15H2,1H3,(H,16,17,18). The number of hydrogen-bond acceptors (Lipinski definition) is 6. The molecular weight excluding hydrogens is 254 g/mol. The molecule has 0 saturated heterocycles. The molecule has 1 aromatic heterocycles. The molecule has 0 fully saturated rings. The molecule has 1 aliphatic rings. The first-order valence-electron chi connectivity index (χ1n) is 6.54. The Bertz CT molecular complexity index is 616. The first-order chi connectivity index (χ1) is 9.76. The zero-order valence-corrected chi connectivity index (χ0v) is 11.3. The van der Waals surface area contributed by atoms with Crippen LogP contribution in [0.1, 0.15) is 11.3 Å². The molecule has 0 atom stereocenters. The molecule has 2 aromatic rings. The first-order valence-corrected chi connectivity index (χ1v) is 6.54. The van der Waals surface area contributed by atoms with Crippen molar-refractivity contribution in [1.29, 1.82) is 0 Å². The molecular formula is C14H17N5O. The summed E-state index contributed by atoms with van der Waals surface area (Å²) in [5, 5.41) is 0. The van der Waals surface area contributed by atoms with E-state index in [2.05, 4.69) is 26.4 Å². The van der Waals surface area contributed by atoms with Gasteiger partial charge in [0.15, 0.2) is 0 Å². The number of rotatable bonds is 2. The molecule has 0 unspecified atom stereocenters. The summed E-state index contributed by atoms with van der Waals surface area (Å²) in [6.07, 6.45) is 0. The van der Waals surface area contributed by atoms with Gasteiger partial charge >= 0.3 is 0 Å². The predicted octanol–water partition coefficient (Wildman–Crippen LogP) is 1.47. The quantitative estimate of drug-likeness (QED) is 0.636. The lowest BCUT2D eigenvalue weighted by Crippen LogP contribution is -2.27. The molecule has 6 heteroatoms. The first kappa shape index (κ1) is 12.7. The second kappa shape index (κ2) is 5.34. The van der Waals surface area contributed by atoms with Crippen molar-refractivity contribution in [3.63, 3.8) is 0 Å². The van der Waals surface area contributed by atoms with Crippen LogP contribution < -0.4 is 20.9 Å². The number of para-hydroxylation sites is 1. The molecule has 6 nitrogen and oxygen atoms in total. The van der Waals surface area contributed by atoms with E-state index >= 15 is 0 Å². The van der Waals surface area contributed by atoms with E-state index in [1.807, 2.05) is 31.2 Å². The minimum atomic E-state index is 0.429. The number of aromatic nitrogens is 2. The average molecular weight is 271 g/mol. The van der Waals surface area contributed by atoms with Crippen LogP contribution in [0.3, 0.4) is 0 Å². The maximum atomic E-state index is 5.76. The van der Waals surface area contributed by atoms with E-state index in [1.165, 1.54) is 0 Å². The van der Waals surface area contributed by atoms with Crippen molar-refractivity contribution in [3.8, 4) is 5.75 Å². The molecule has 0 radical (unpaired) electrons. The normalized spacial score (nSPS) is 14.2. The fraction of sp³-hybridized carbons (Fsp3) is 0.286. The second-order valence-corrected chi connectivity index (χ2v) is 4.71. The van der Waals surface area contributed by atoms with E-state index in [-0.39, 0.29) is 0 Å². The van der Waals surface area contributed by atoms with Crippen molar-refractivity contribution in [1.82, 2.24) is 9.97 Å². The molecule has 104 valence electrons. The summed E-state index contributed by atoms with van der Waals surface area (Å²) in [4.78, 5) is 10.8. The van der Waals surface area contributed by atoms with E-state index in [4.69, 9.17) is 10.6 Å². The van der Waals surface area contributed by atoms with Crippen molar-refractivity contribution in [3.05, 3.63) is 41.6 Å². The zero-order valence-electron chi connectivity index (χ0n) is 11.3. The molecule has 0 saturated carbocycles. The number of fused-ring (bicyclic) bond motifs is 1. The van der Waals surface area contributed by atoms with Crippen molar-refractivity contribution in [2.24, 2.45) is 5.84 Å². The fourth-order valence-corrected chi connectivity index (χ4v) is 2.30. The molecule has 0 spiro atoms. The van der Waals surface area contributed by atoms with Gasteiger partial charge in [-0.05, 0) is 13.0 Å². The van der Waals surface area contributed by atoms with Crippen LogP contribution in [0.5, 0.6) is 5.75 Å². The smallest absolute Gasteiger partial charge is 0.239 e. The number of ether oxygens (including phenoxy) is 1. The minimum absolute atomic E-state index is 0.429. The number of nitrogens with one attached hydrogen (secondary N) is 1. The molecule has 2 heterocycles. The average Bonchev–Trinajstić information content (AvgIpc) is 2.68. The topological polar surface area (TPSA) is 76.3 Å². The molecule has 1 aromatic carbocycles. The van der Waals surface area contributed by atoms with Crippen LogP contribution in [0.4, 0.5) is 11.8 Å². The van der Waals surface area contributed by atoms with Crippen molar-refractivity contribution >= 4 is 11.8 Å². The Morgan fingerprint density at radius 1 is 1.30 bits per heavy atom. The predicted molar refractivity (Wildman–Crippen MR) is 77.6 cm³/mol. The highest BCUT2D eigenvalue weighted by Crippen LogP contribution is 2.25. The van der Waals surface area contributed by atoms with Crippen molar-refractivity contribution in [2.75, 3.05) is 23.5 Å². The van der Waals surface area contributed by atoms with Gasteiger partial charge < -0.3 is 9.64 Å². The number of nitrogens with two attached hydrogens (primary N) is 1. The van der Waals surface area contributed by atoms with Gasteiger partial charge in [0.25, 0.3) is 0 Å². The number of anilines is 2. The maximum Gasteiger partial charge on any atom is 0.239 e. The van der Waals surface area contributed by atoms with E-state index in [0.717, 1.165) is 35.9 Å². The molecule has 3 rings (SSSR count). The minimum Gasteiger partial charge on any atom is -0.491 e. The number of nitrogen functional groups attached to an aromatic ring is 1. The third-order valence-corrected chi connectivity index (χ3v) is 3.25. The Morgan fingerprint density at radius 2 is 2.15 bits per heavy atom. The summed E-state index contributed by atoms with van der Waals surface area (Å²) in [6, 6.07) is 10.0. The largest absolute Gasteiger partial charge is 0.491 e. The summed E-state index contributed by atoms with van der Waals surface area (Å²) in [5.41, 5.74) is 4.53. The number of hydrogen-bond donors (Lipinski definition) is 2. The van der Waals surface area contributed by atoms with Gasteiger partial charge in [0.05, 0.1) is 6.54 Å². The fourth-order valence-electron chi connectivity index (χ4n) is 2.30. The monoisotopic (exact) mass is 271 g/mol. The van der Waals surface area contributed by atoms with Gasteiger partial charge in [0, 0.05) is 23.9 Å². The van der Waals surface area contributed by atoms with Gasteiger partial charge in [-0.2, -0.15) is 4.98 Å². The van der Waals surface area contributed by atoms with Crippen molar-refractivity contribution < 1.29 is 4.74 Å².